The highest BCUT2D eigenvalue weighted by Crippen LogP contribution is 2.31. The van der Waals surface area contributed by atoms with Crippen molar-refractivity contribution in [2.75, 3.05) is 26.7 Å². The molecule has 1 aromatic heterocycles. The van der Waals surface area contributed by atoms with Crippen molar-refractivity contribution in [2.45, 2.75) is 5.92 Å². The molecule has 1 aliphatic rings. The number of pyridine rings is 1. The summed E-state index contributed by atoms with van der Waals surface area (Å²) in [5.74, 6) is 1.89. The zero-order valence-electron chi connectivity index (χ0n) is 12.6. The first kappa shape index (κ1) is 14.4. The molecule has 0 amide bonds. The number of nitrogens with zero attached hydrogens (tertiary/aromatic N) is 2. The van der Waals surface area contributed by atoms with Gasteiger partial charge in [0.05, 0.1) is 13.7 Å². The Hall–Kier alpha value is -2.56. The van der Waals surface area contributed by atoms with Crippen LogP contribution in [-0.2, 0) is 0 Å². The van der Waals surface area contributed by atoms with E-state index in [2.05, 4.69) is 26.7 Å². The van der Waals surface area contributed by atoms with Crippen LogP contribution in [0, 0.1) is 0 Å². The van der Waals surface area contributed by atoms with E-state index in [4.69, 9.17) is 4.74 Å². The monoisotopic (exact) mass is 296 g/mol. The van der Waals surface area contributed by atoms with Crippen LogP contribution in [0.3, 0.4) is 0 Å². The van der Waals surface area contributed by atoms with E-state index in [1.807, 2.05) is 42.7 Å². The van der Waals surface area contributed by atoms with Gasteiger partial charge < -0.3 is 15.4 Å². The summed E-state index contributed by atoms with van der Waals surface area (Å²) in [4.78, 5) is 8.78. The van der Waals surface area contributed by atoms with Crippen LogP contribution in [-0.4, -0.2) is 37.7 Å². The van der Waals surface area contributed by atoms with E-state index in [1.165, 1.54) is 5.56 Å². The first-order valence-electron chi connectivity index (χ1n) is 7.43. The third-order valence-electron chi connectivity index (χ3n) is 3.76. The van der Waals surface area contributed by atoms with Crippen LogP contribution in [0.1, 0.15) is 17.0 Å². The molecule has 2 aromatic rings. The lowest BCUT2D eigenvalue weighted by atomic mass is 9.91. The smallest absolute Gasteiger partial charge is 0.191 e. The summed E-state index contributed by atoms with van der Waals surface area (Å²) in [7, 11) is 1.70. The molecule has 1 unspecified atom stereocenters. The third-order valence-corrected chi connectivity index (χ3v) is 3.76. The molecule has 1 fully saturated rings. The molecule has 5 heteroatoms. The van der Waals surface area contributed by atoms with Crippen molar-refractivity contribution >= 4 is 5.96 Å². The van der Waals surface area contributed by atoms with Gasteiger partial charge in [0.25, 0.3) is 0 Å². The zero-order valence-corrected chi connectivity index (χ0v) is 12.6. The summed E-state index contributed by atoms with van der Waals surface area (Å²) in [5, 5.41) is 6.48. The quantitative estimate of drug-likeness (QED) is 0.883. The molecule has 1 aromatic carbocycles. The Balaban J connectivity index is 1.93. The fourth-order valence-electron chi connectivity index (χ4n) is 2.65. The summed E-state index contributed by atoms with van der Waals surface area (Å²) in [6, 6.07) is 12.2. The Bertz CT molecular complexity index is 634. The number of aliphatic imine (C=N–C) groups is 1. The Morgan fingerprint density at radius 2 is 1.86 bits per heavy atom. The first-order valence-corrected chi connectivity index (χ1v) is 7.43. The predicted molar refractivity (Wildman–Crippen MR) is 87.4 cm³/mol. The van der Waals surface area contributed by atoms with E-state index in [1.54, 1.807) is 7.11 Å². The predicted octanol–water partition coefficient (Wildman–Crippen LogP) is 1.77. The normalized spacial score (nSPS) is 14.9. The van der Waals surface area contributed by atoms with E-state index in [0.717, 1.165) is 30.4 Å². The molecule has 0 saturated carbocycles. The van der Waals surface area contributed by atoms with Crippen molar-refractivity contribution < 1.29 is 4.74 Å². The molecule has 0 bridgehead atoms. The minimum Gasteiger partial charge on any atom is -0.496 e. The molecule has 0 radical (unpaired) electrons. The second kappa shape index (κ2) is 6.93. The highest BCUT2D eigenvalue weighted by atomic mass is 16.5. The molecule has 1 atom stereocenters. The number of rotatable bonds is 5. The van der Waals surface area contributed by atoms with Crippen LogP contribution in [0.25, 0.3) is 0 Å². The van der Waals surface area contributed by atoms with E-state index in [0.29, 0.717) is 6.54 Å². The van der Waals surface area contributed by atoms with Crippen molar-refractivity contribution in [3.63, 3.8) is 0 Å². The molecule has 1 saturated heterocycles. The maximum absolute atomic E-state index is 5.52. The lowest BCUT2D eigenvalue weighted by Gasteiger charge is -2.19. The van der Waals surface area contributed by atoms with Gasteiger partial charge in [-0.3, -0.25) is 9.98 Å². The van der Waals surface area contributed by atoms with Crippen molar-refractivity contribution in [1.82, 2.24) is 15.6 Å². The van der Waals surface area contributed by atoms with Gasteiger partial charge in [0, 0.05) is 37.0 Å². The lowest BCUT2D eigenvalue weighted by molar-refractivity contribution is 0.407. The number of guanidine groups is 1. The number of nitrogens with one attached hydrogen (secondary N) is 2. The molecular formula is C17H20N4O. The highest BCUT2D eigenvalue weighted by molar-refractivity contribution is 5.81. The molecule has 114 valence electrons. The summed E-state index contributed by atoms with van der Waals surface area (Å²) in [6.45, 7) is 2.50. The van der Waals surface area contributed by atoms with Gasteiger partial charge in [0.15, 0.2) is 5.96 Å². The van der Waals surface area contributed by atoms with E-state index in [9.17, 15) is 0 Å². The second-order valence-corrected chi connectivity index (χ2v) is 5.12. The van der Waals surface area contributed by atoms with E-state index >= 15 is 0 Å². The first-order chi connectivity index (χ1) is 10.9. The molecule has 2 N–H and O–H groups in total. The van der Waals surface area contributed by atoms with Crippen LogP contribution in [0.15, 0.2) is 53.8 Å². The summed E-state index contributed by atoms with van der Waals surface area (Å²) < 4.78 is 5.52. The van der Waals surface area contributed by atoms with Gasteiger partial charge in [-0.2, -0.15) is 0 Å². The molecule has 0 aliphatic carbocycles. The number of hydrogen-bond acceptors (Lipinski definition) is 3. The maximum atomic E-state index is 5.52. The Morgan fingerprint density at radius 1 is 1.14 bits per heavy atom. The Kier molecular flexibility index (Phi) is 4.53. The van der Waals surface area contributed by atoms with Gasteiger partial charge in [-0.25, -0.2) is 0 Å². The molecular weight excluding hydrogens is 276 g/mol. The number of aromatic nitrogens is 1. The van der Waals surface area contributed by atoms with Crippen molar-refractivity contribution in [3.05, 3.63) is 59.9 Å². The van der Waals surface area contributed by atoms with Crippen LogP contribution >= 0.6 is 0 Å². The Morgan fingerprint density at radius 3 is 2.59 bits per heavy atom. The Labute approximate surface area is 130 Å². The highest BCUT2D eigenvalue weighted by Gasteiger charge is 2.18. The van der Waals surface area contributed by atoms with Crippen LogP contribution in [0.4, 0.5) is 0 Å². The van der Waals surface area contributed by atoms with Crippen molar-refractivity contribution in [2.24, 2.45) is 4.99 Å². The van der Waals surface area contributed by atoms with Gasteiger partial charge in [-0.1, -0.05) is 18.2 Å². The van der Waals surface area contributed by atoms with Gasteiger partial charge in [-0.15, -0.1) is 0 Å². The second-order valence-electron chi connectivity index (χ2n) is 5.12. The fourth-order valence-corrected chi connectivity index (χ4v) is 2.65. The minimum atomic E-state index is 0.135. The molecule has 1 aliphatic heterocycles. The number of methoxy groups -OCH3 is 1. The number of benzene rings is 1. The van der Waals surface area contributed by atoms with Gasteiger partial charge in [0.1, 0.15) is 5.75 Å². The largest absolute Gasteiger partial charge is 0.496 e. The van der Waals surface area contributed by atoms with Gasteiger partial charge >= 0.3 is 0 Å². The minimum absolute atomic E-state index is 0.135. The summed E-state index contributed by atoms with van der Waals surface area (Å²) in [5.41, 5.74) is 2.32. The summed E-state index contributed by atoms with van der Waals surface area (Å²) >= 11 is 0. The van der Waals surface area contributed by atoms with Crippen molar-refractivity contribution in [3.8, 4) is 5.75 Å². The van der Waals surface area contributed by atoms with E-state index < -0.39 is 0 Å². The van der Waals surface area contributed by atoms with E-state index in [-0.39, 0.29) is 5.92 Å². The zero-order chi connectivity index (χ0) is 15.2. The summed E-state index contributed by atoms with van der Waals surface area (Å²) in [6.07, 6.45) is 3.63. The molecule has 0 spiro atoms. The lowest BCUT2D eigenvalue weighted by Crippen LogP contribution is -2.25. The van der Waals surface area contributed by atoms with Crippen LogP contribution < -0.4 is 15.4 Å². The number of para-hydroxylation sites is 1. The maximum Gasteiger partial charge on any atom is 0.191 e. The standard InChI is InChI=1S/C17H20N4O/c1-22-16-5-3-2-4-14(16)15(13-6-8-18-9-7-13)12-21-17-19-10-11-20-17/h2-9,15H,10-12H2,1H3,(H2,19,20,21). The average Bonchev–Trinajstić information content (AvgIpc) is 3.10. The topological polar surface area (TPSA) is 58.5 Å². The molecule has 22 heavy (non-hydrogen) atoms. The average molecular weight is 296 g/mol. The molecule has 2 heterocycles. The van der Waals surface area contributed by atoms with Gasteiger partial charge in [0.2, 0.25) is 0 Å². The number of hydrogen-bond donors (Lipinski definition) is 2. The third kappa shape index (κ3) is 3.19. The molecule has 5 nitrogen and oxygen atoms in total. The SMILES string of the molecule is COc1ccccc1C(CN=C1NCCN1)c1ccncc1. The van der Waals surface area contributed by atoms with Crippen molar-refractivity contribution in [1.29, 1.82) is 0 Å². The van der Waals surface area contributed by atoms with Gasteiger partial charge in [-0.05, 0) is 23.8 Å². The number of ether oxygens (including phenoxy) is 1. The fraction of sp³-hybridized carbons (Fsp3) is 0.294. The van der Waals surface area contributed by atoms with Crippen LogP contribution in [0.2, 0.25) is 0 Å². The molecule has 3 rings (SSSR count). The van der Waals surface area contributed by atoms with Crippen LogP contribution in [0.5, 0.6) is 5.75 Å².